The van der Waals surface area contributed by atoms with Gasteiger partial charge in [-0.15, -0.1) is 0 Å². The van der Waals surface area contributed by atoms with Gasteiger partial charge in [0, 0.05) is 50.9 Å². The Balaban J connectivity index is 1.56. The Hall–Kier alpha value is -2.12. The topological polar surface area (TPSA) is 69.2 Å². The van der Waals surface area contributed by atoms with Crippen molar-refractivity contribution in [1.82, 2.24) is 20.4 Å². The zero-order valence-electron chi connectivity index (χ0n) is 20.1. The molecule has 2 aliphatic rings. The Morgan fingerprint density at radius 2 is 1.72 bits per heavy atom. The Morgan fingerprint density at radius 1 is 1.03 bits per heavy atom. The van der Waals surface area contributed by atoms with Crippen LogP contribution >= 0.6 is 0 Å². The predicted octanol–water partition coefficient (Wildman–Crippen LogP) is 2.72. The van der Waals surface area contributed by atoms with E-state index < -0.39 is 0 Å². The Morgan fingerprint density at radius 3 is 2.34 bits per heavy atom. The molecule has 0 radical (unpaired) electrons. The molecule has 2 aliphatic heterocycles. The fourth-order valence-corrected chi connectivity index (χ4v) is 4.44. The number of piperidine rings is 1. The maximum atomic E-state index is 12.7. The summed E-state index contributed by atoms with van der Waals surface area (Å²) in [6.07, 6.45) is 3.46. The highest BCUT2D eigenvalue weighted by Gasteiger charge is 2.24. The van der Waals surface area contributed by atoms with Crippen molar-refractivity contribution >= 4 is 11.9 Å². The molecule has 3 rings (SSSR count). The summed E-state index contributed by atoms with van der Waals surface area (Å²) in [4.78, 5) is 21.9. The average Bonchev–Trinajstić information content (AvgIpc) is 2.83. The van der Waals surface area contributed by atoms with Crippen LogP contribution in [0.25, 0.3) is 0 Å². The minimum atomic E-state index is 0.151. The van der Waals surface area contributed by atoms with Gasteiger partial charge in [0.1, 0.15) is 0 Å². The first-order valence-electron chi connectivity index (χ1n) is 12.3. The van der Waals surface area contributed by atoms with E-state index in [1.54, 1.807) is 0 Å². The summed E-state index contributed by atoms with van der Waals surface area (Å²) in [6.45, 7) is 14.2. The van der Waals surface area contributed by atoms with Gasteiger partial charge >= 0.3 is 0 Å². The number of rotatable bonds is 8. The van der Waals surface area contributed by atoms with Crippen molar-refractivity contribution in [3.05, 3.63) is 35.4 Å². The molecule has 2 N–H and O–H groups in total. The van der Waals surface area contributed by atoms with E-state index >= 15 is 0 Å². The van der Waals surface area contributed by atoms with Crippen LogP contribution < -0.4 is 10.6 Å². The average molecular weight is 444 g/mol. The Labute approximate surface area is 193 Å². The molecule has 0 saturated carbocycles. The summed E-state index contributed by atoms with van der Waals surface area (Å²) in [6, 6.07) is 8.37. The fraction of sp³-hybridized carbons (Fsp3) is 0.680. The molecule has 0 spiro atoms. The second kappa shape index (κ2) is 12.8. The molecule has 1 aromatic rings. The number of hydrogen-bond donors (Lipinski definition) is 2. The molecule has 0 aromatic heterocycles. The molecule has 1 amide bonds. The van der Waals surface area contributed by atoms with Gasteiger partial charge in [0.2, 0.25) is 0 Å². The smallest absolute Gasteiger partial charge is 0.253 e. The lowest BCUT2D eigenvalue weighted by molar-refractivity contribution is 0.00752. The highest BCUT2D eigenvalue weighted by Crippen LogP contribution is 2.15. The molecule has 7 nitrogen and oxygen atoms in total. The first-order chi connectivity index (χ1) is 15.6. The van der Waals surface area contributed by atoms with E-state index in [1.807, 2.05) is 29.2 Å². The Bertz CT molecular complexity index is 722. The van der Waals surface area contributed by atoms with Gasteiger partial charge in [-0.25, -0.2) is 4.99 Å². The molecule has 0 aliphatic carbocycles. The summed E-state index contributed by atoms with van der Waals surface area (Å²) < 4.78 is 5.52. The van der Waals surface area contributed by atoms with Crippen LogP contribution in [0.1, 0.15) is 56.0 Å². The maximum absolute atomic E-state index is 12.7. The largest absolute Gasteiger partial charge is 0.379 e. The van der Waals surface area contributed by atoms with E-state index in [0.717, 1.165) is 82.4 Å². The number of aliphatic imine (C=N–C) groups is 1. The van der Waals surface area contributed by atoms with Crippen molar-refractivity contribution in [2.24, 2.45) is 10.9 Å². The number of likely N-dealkylation sites (tertiary alicyclic amines) is 1. The third kappa shape index (κ3) is 7.20. The maximum Gasteiger partial charge on any atom is 0.253 e. The minimum Gasteiger partial charge on any atom is -0.379 e. The van der Waals surface area contributed by atoms with Crippen molar-refractivity contribution in [1.29, 1.82) is 0 Å². The molecule has 2 saturated heterocycles. The van der Waals surface area contributed by atoms with E-state index in [4.69, 9.17) is 9.73 Å². The van der Waals surface area contributed by atoms with Crippen LogP contribution in [0.3, 0.4) is 0 Å². The standard InChI is InChI=1S/C25H41N5O2/c1-4-26-25(28-19-23(20(2)3)29-14-16-32-17-15-29)27-18-21-8-10-22(11-9-21)24(31)30-12-6-5-7-13-30/h8-11,20,23H,4-7,12-19H2,1-3H3,(H2,26,27,28). The number of carbonyl (C=O) groups is 1. The number of nitrogens with one attached hydrogen (secondary N) is 2. The monoisotopic (exact) mass is 443 g/mol. The number of nitrogens with zero attached hydrogens (tertiary/aromatic N) is 3. The van der Waals surface area contributed by atoms with Crippen LogP contribution in [0, 0.1) is 5.92 Å². The minimum absolute atomic E-state index is 0.151. The lowest BCUT2D eigenvalue weighted by atomic mass is 10.0. The van der Waals surface area contributed by atoms with Gasteiger partial charge in [0.15, 0.2) is 5.96 Å². The molecular weight excluding hydrogens is 402 g/mol. The number of carbonyl (C=O) groups excluding carboxylic acids is 1. The summed E-state index contributed by atoms with van der Waals surface area (Å²) in [5.74, 6) is 1.53. The number of ether oxygens (including phenoxy) is 1. The fourth-order valence-electron chi connectivity index (χ4n) is 4.44. The molecule has 2 heterocycles. The summed E-state index contributed by atoms with van der Waals surface area (Å²) in [5.41, 5.74) is 1.88. The summed E-state index contributed by atoms with van der Waals surface area (Å²) >= 11 is 0. The SMILES string of the molecule is CCNC(=NCc1ccc(C(=O)N2CCCCC2)cc1)NCC(C(C)C)N1CCOCC1. The number of amides is 1. The van der Waals surface area contributed by atoms with Gasteiger partial charge in [-0.05, 0) is 49.8 Å². The van der Waals surface area contributed by atoms with Gasteiger partial charge in [-0.2, -0.15) is 0 Å². The van der Waals surface area contributed by atoms with Crippen LogP contribution in [0.5, 0.6) is 0 Å². The Kier molecular flexibility index (Phi) is 9.81. The van der Waals surface area contributed by atoms with Gasteiger partial charge < -0.3 is 20.3 Å². The van der Waals surface area contributed by atoms with Crippen LogP contribution in [0.2, 0.25) is 0 Å². The van der Waals surface area contributed by atoms with E-state index in [-0.39, 0.29) is 5.91 Å². The van der Waals surface area contributed by atoms with Crippen LogP contribution in [0.4, 0.5) is 0 Å². The third-order valence-electron chi connectivity index (χ3n) is 6.37. The van der Waals surface area contributed by atoms with Gasteiger partial charge in [-0.3, -0.25) is 9.69 Å². The van der Waals surface area contributed by atoms with Gasteiger partial charge in [0.25, 0.3) is 5.91 Å². The van der Waals surface area contributed by atoms with Gasteiger partial charge in [0.05, 0.1) is 19.8 Å². The highest BCUT2D eigenvalue weighted by atomic mass is 16.5. The van der Waals surface area contributed by atoms with Crippen LogP contribution in [-0.4, -0.2) is 80.2 Å². The lowest BCUT2D eigenvalue weighted by Gasteiger charge is -2.37. The number of hydrogen-bond acceptors (Lipinski definition) is 4. The zero-order valence-corrected chi connectivity index (χ0v) is 20.1. The molecule has 0 bridgehead atoms. The van der Waals surface area contributed by atoms with E-state index in [9.17, 15) is 4.79 Å². The number of morpholine rings is 1. The predicted molar refractivity (Wildman–Crippen MR) is 130 cm³/mol. The molecule has 1 atom stereocenters. The molecule has 1 unspecified atom stereocenters. The van der Waals surface area contributed by atoms with Crippen molar-refractivity contribution in [2.45, 2.75) is 52.6 Å². The lowest BCUT2D eigenvalue weighted by Crippen LogP contribution is -2.52. The second-order valence-electron chi connectivity index (χ2n) is 9.09. The summed E-state index contributed by atoms with van der Waals surface area (Å²) in [5, 5.41) is 6.90. The normalized spacial score (nSPS) is 19.1. The van der Waals surface area contributed by atoms with E-state index in [2.05, 4.69) is 36.3 Å². The molecular formula is C25H41N5O2. The van der Waals surface area contributed by atoms with Crippen molar-refractivity contribution in [2.75, 3.05) is 52.5 Å². The van der Waals surface area contributed by atoms with E-state index in [0.29, 0.717) is 18.5 Å². The molecule has 1 aromatic carbocycles. The molecule has 7 heteroatoms. The van der Waals surface area contributed by atoms with Crippen molar-refractivity contribution in [3.8, 4) is 0 Å². The molecule has 178 valence electrons. The number of guanidine groups is 1. The molecule has 2 fully saturated rings. The third-order valence-corrected chi connectivity index (χ3v) is 6.37. The van der Waals surface area contributed by atoms with Gasteiger partial charge in [-0.1, -0.05) is 26.0 Å². The van der Waals surface area contributed by atoms with E-state index in [1.165, 1.54) is 6.42 Å². The highest BCUT2D eigenvalue weighted by molar-refractivity contribution is 5.94. The second-order valence-corrected chi connectivity index (χ2v) is 9.09. The number of benzene rings is 1. The first-order valence-corrected chi connectivity index (χ1v) is 12.3. The van der Waals surface area contributed by atoms with Crippen LogP contribution in [-0.2, 0) is 11.3 Å². The van der Waals surface area contributed by atoms with Crippen molar-refractivity contribution in [3.63, 3.8) is 0 Å². The van der Waals surface area contributed by atoms with Crippen LogP contribution in [0.15, 0.2) is 29.3 Å². The molecule has 32 heavy (non-hydrogen) atoms. The quantitative estimate of drug-likeness (QED) is 0.478. The van der Waals surface area contributed by atoms with Crippen molar-refractivity contribution < 1.29 is 9.53 Å². The zero-order chi connectivity index (χ0) is 22.8. The summed E-state index contributed by atoms with van der Waals surface area (Å²) in [7, 11) is 0. The first kappa shape index (κ1) is 24.5.